The van der Waals surface area contributed by atoms with Crippen molar-refractivity contribution in [3.05, 3.63) is 11.7 Å². The van der Waals surface area contributed by atoms with Crippen molar-refractivity contribution in [1.29, 1.82) is 0 Å². The summed E-state index contributed by atoms with van der Waals surface area (Å²) in [6.07, 6.45) is 0.791. The fourth-order valence-corrected chi connectivity index (χ4v) is 1.52. The molecule has 5 nitrogen and oxygen atoms in total. The van der Waals surface area contributed by atoms with Crippen LogP contribution in [0.1, 0.15) is 58.0 Å². The second-order valence-electron chi connectivity index (χ2n) is 3.62. The standard InChI is InChI=1S/C11H21N3O2/c1-5-9(15-7-3)10-13-11(16-14-10)8(4)12-6-2/h8-9,12H,5-7H2,1-4H3. The van der Waals surface area contributed by atoms with Crippen molar-refractivity contribution in [1.82, 2.24) is 15.5 Å². The Bertz CT molecular complexity index is 301. The van der Waals surface area contributed by atoms with Gasteiger partial charge < -0.3 is 14.6 Å². The molecule has 0 bridgehead atoms. The van der Waals surface area contributed by atoms with Gasteiger partial charge in [-0.05, 0) is 26.8 Å². The minimum absolute atomic E-state index is 0.0590. The molecule has 0 radical (unpaired) electrons. The largest absolute Gasteiger partial charge is 0.370 e. The van der Waals surface area contributed by atoms with Gasteiger partial charge >= 0.3 is 0 Å². The van der Waals surface area contributed by atoms with Crippen LogP contribution in [0.2, 0.25) is 0 Å². The molecule has 0 aliphatic carbocycles. The molecule has 2 unspecified atom stereocenters. The summed E-state index contributed by atoms with van der Waals surface area (Å²) in [6, 6.07) is 0.0883. The van der Waals surface area contributed by atoms with E-state index < -0.39 is 0 Å². The monoisotopic (exact) mass is 227 g/mol. The van der Waals surface area contributed by atoms with E-state index in [1.165, 1.54) is 0 Å². The maximum atomic E-state index is 5.52. The Morgan fingerprint density at radius 1 is 1.38 bits per heavy atom. The van der Waals surface area contributed by atoms with Crippen molar-refractivity contribution in [2.24, 2.45) is 0 Å². The van der Waals surface area contributed by atoms with Gasteiger partial charge in [0.05, 0.1) is 6.04 Å². The van der Waals surface area contributed by atoms with Crippen LogP contribution in [0.3, 0.4) is 0 Å². The van der Waals surface area contributed by atoms with Crippen LogP contribution in [-0.2, 0) is 4.74 Å². The molecule has 0 aliphatic heterocycles. The molecule has 1 rings (SSSR count). The zero-order chi connectivity index (χ0) is 12.0. The minimum Gasteiger partial charge on any atom is -0.370 e. The number of rotatable bonds is 7. The molecule has 0 aliphatic rings. The third-order valence-corrected chi connectivity index (χ3v) is 2.36. The average Bonchev–Trinajstić information content (AvgIpc) is 2.75. The van der Waals surface area contributed by atoms with Crippen molar-refractivity contribution in [3.63, 3.8) is 0 Å². The van der Waals surface area contributed by atoms with Gasteiger partial charge in [-0.1, -0.05) is 19.0 Å². The maximum Gasteiger partial charge on any atom is 0.243 e. The van der Waals surface area contributed by atoms with E-state index in [1.54, 1.807) is 0 Å². The minimum atomic E-state index is -0.0590. The third kappa shape index (κ3) is 3.28. The van der Waals surface area contributed by atoms with Gasteiger partial charge in [0.1, 0.15) is 6.10 Å². The quantitative estimate of drug-likeness (QED) is 0.774. The highest BCUT2D eigenvalue weighted by atomic mass is 16.5. The summed E-state index contributed by atoms with van der Waals surface area (Å²) < 4.78 is 10.7. The Morgan fingerprint density at radius 3 is 2.69 bits per heavy atom. The first-order chi connectivity index (χ1) is 7.72. The molecule has 0 aromatic carbocycles. The Labute approximate surface area is 96.6 Å². The maximum absolute atomic E-state index is 5.52. The zero-order valence-electron chi connectivity index (χ0n) is 10.5. The highest BCUT2D eigenvalue weighted by molar-refractivity contribution is 4.94. The van der Waals surface area contributed by atoms with E-state index >= 15 is 0 Å². The van der Waals surface area contributed by atoms with E-state index in [-0.39, 0.29) is 12.1 Å². The van der Waals surface area contributed by atoms with E-state index in [0.29, 0.717) is 18.3 Å². The lowest BCUT2D eigenvalue weighted by atomic mass is 10.2. The SMILES string of the molecule is CCNC(C)c1nc(C(CC)OCC)no1. The molecule has 0 amide bonds. The van der Waals surface area contributed by atoms with Gasteiger partial charge in [0.15, 0.2) is 0 Å². The van der Waals surface area contributed by atoms with Crippen LogP contribution < -0.4 is 5.32 Å². The first kappa shape index (κ1) is 13.1. The number of nitrogens with one attached hydrogen (secondary N) is 1. The molecule has 1 aromatic heterocycles. The fourth-order valence-electron chi connectivity index (χ4n) is 1.52. The normalized spacial score (nSPS) is 15.0. The smallest absolute Gasteiger partial charge is 0.243 e. The molecular weight excluding hydrogens is 206 g/mol. The highest BCUT2D eigenvalue weighted by Crippen LogP contribution is 2.19. The van der Waals surface area contributed by atoms with Gasteiger partial charge in [-0.3, -0.25) is 0 Å². The van der Waals surface area contributed by atoms with E-state index in [9.17, 15) is 0 Å². The molecule has 0 saturated carbocycles. The van der Waals surface area contributed by atoms with Crippen LogP contribution in [0.4, 0.5) is 0 Å². The van der Waals surface area contributed by atoms with Gasteiger partial charge in [0, 0.05) is 6.61 Å². The highest BCUT2D eigenvalue weighted by Gasteiger charge is 2.19. The molecule has 5 heteroatoms. The fraction of sp³-hybridized carbons (Fsp3) is 0.818. The summed E-state index contributed by atoms with van der Waals surface area (Å²) >= 11 is 0. The Morgan fingerprint density at radius 2 is 2.12 bits per heavy atom. The summed E-state index contributed by atoms with van der Waals surface area (Å²) in [5.74, 6) is 1.26. The predicted octanol–water partition coefficient (Wildman–Crippen LogP) is 2.23. The molecule has 2 atom stereocenters. The van der Waals surface area contributed by atoms with Gasteiger partial charge in [0.2, 0.25) is 11.7 Å². The van der Waals surface area contributed by atoms with Crippen LogP contribution in [0.25, 0.3) is 0 Å². The second kappa shape index (κ2) is 6.60. The molecule has 1 aromatic rings. The van der Waals surface area contributed by atoms with Gasteiger partial charge in [0.25, 0.3) is 0 Å². The molecule has 92 valence electrons. The summed E-state index contributed by atoms with van der Waals surface area (Å²) in [5.41, 5.74) is 0. The van der Waals surface area contributed by atoms with Crippen molar-refractivity contribution in [2.45, 2.75) is 46.3 Å². The van der Waals surface area contributed by atoms with Crippen LogP contribution in [0.15, 0.2) is 4.52 Å². The molecular formula is C11H21N3O2. The number of hydrogen-bond acceptors (Lipinski definition) is 5. The first-order valence-corrected chi connectivity index (χ1v) is 5.91. The van der Waals surface area contributed by atoms with Gasteiger partial charge in [-0.2, -0.15) is 4.98 Å². The van der Waals surface area contributed by atoms with Gasteiger partial charge in [-0.15, -0.1) is 0 Å². The zero-order valence-corrected chi connectivity index (χ0v) is 10.5. The number of ether oxygens (including phenoxy) is 1. The van der Waals surface area contributed by atoms with Crippen molar-refractivity contribution >= 4 is 0 Å². The summed E-state index contributed by atoms with van der Waals surface area (Å²) in [6.45, 7) is 9.59. The Hall–Kier alpha value is -0.940. The topological polar surface area (TPSA) is 60.2 Å². The molecule has 0 saturated heterocycles. The van der Waals surface area contributed by atoms with E-state index in [1.807, 2.05) is 27.7 Å². The lowest BCUT2D eigenvalue weighted by molar-refractivity contribution is 0.0518. The lowest BCUT2D eigenvalue weighted by Gasteiger charge is -2.09. The average molecular weight is 227 g/mol. The first-order valence-electron chi connectivity index (χ1n) is 5.91. The molecule has 0 fully saturated rings. The predicted molar refractivity (Wildman–Crippen MR) is 61.0 cm³/mol. The number of aromatic nitrogens is 2. The van der Waals surface area contributed by atoms with Crippen LogP contribution in [0, 0.1) is 0 Å². The molecule has 16 heavy (non-hydrogen) atoms. The summed E-state index contributed by atoms with van der Waals surface area (Å²) in [7, 11) is 0. The van der Waals surface area contributed by atoms with E-state index in [2.05, 4.69) is 15.5 Å². The molecule has 1 heterocycles. The van der Waals surface area contributed by atoms with E-state index in [0.717, 1.165) is 13.0 Å². The van der Waals surface area contributed by atoms with Crippen molar-refractivity contribution in [2.75, 3.05) is 13.2 Å². The Balaban J connectivity index is 2.68. The van der Waals surface area contributed by atoms with Crippen LogP contribution in [0.5, 0.6) is 0 Å². The molecule has 0 spiro atoms. The number of hydrogen-bond donors (Lipinski definition) is 1. The third-order valence-electron chi connectivity index (χ3n) is 2.36. The van der Waals surface area contributed by atoms with Crippen molar-refractivity contribution in [3.8, 4) is 0 Å². The lowest BCUT2D eigenvalue weighted by Crippen LogP contribution is -2.18. The van der Waals surface area contributed by atoms with Gasteiger partial charge in [-0.25, -0.2) is 0 Å². The molecule has 1 N–H and O–H groups in total. The number of nitrogens with zero attached hydrogens (tertiary/aromatic N) is 2. The second-order valence-corrected chi connectivity index (χ2v) is 3.62. The van der Waals surface area contributed by atoms with E-state index in [4.69, 9.17) is 9.26 Å². The van der Waals surface area contributed by atoms with Crippen molar-refractivity contribution < 1.29 is 9.26 Å². The summed E-state index contributed by atoms with van der Waals surface area (Å²) in [5, 5.41) is 7.19. The summed E-state index contributed by atoms with van der Waals surface area (Å²) in [4.78, 5) is 4.35. The van der Waals surface area contributed by atoms with Crippen LogP contribution >= 0.6 is 0 Å². The Kier molecular flexibility index (Phi) is 5.42. The van der Waals surface area contributed by atoms with Crippen LogP contribution in [-0.4, -0.2) is 23.3 Å².